The third-order valence-corrected chi connectivity index (χ3v) is 4.32. The van der Waals surface area contributed by atoms with Crippen LogP contribution in [0.15, 0.2) is 29.0 Å². The summed E-state index contributed by atoms with van der Waals surface area (Å²) in [5.74, 6) is 0. The van der Waals surface area contributed by atoms with Gasteiger partial charge in [-0.25, -0.2) is 4.98 Å². The van der Waals surface area contributed by atoms with Crippen LogP contribution in [0, 0.1) is 0 Å². The van der Waals surface area contributed by atoms with Crippen LogP contribution >= 0.6 is 15.9 Å². The largest absolute Gasteiger partial charge is 0.394 e. The van der Waals surface area contributed by atoms with E-state index in [1.54, 1.807) is 0 Å². The maximum atomic E-state index is 9.57. The lowest BCUT2D eigenvalue weighted by atomic mass is 9.94. The van der Waals surface area contributed by atoms with E-state index in [1.165, 1.54) is 0 Å². The van der Waals surface area contributed by atoms with Crippen molar-refractivity contribution >= 4 is 21.6 Å². The van der Waals surface area contributed by atoms with Crippen LogP contribution in [0.4, 0.5) is 0 Å². The summed E-state index contributed by atoms with van der Waals surface area (Å²) in [6.07, 6.45) is 5.70. The fourth-order valence-corrected chi connectivity index (χ4v) is 2.53. The number of nitrogens with one attached hydrogen (secondary N) is 1. The van der Waals surface area contributed by atoms with E-state index in [0.29, 0.717) is 6.54 Å². The molecule has 2 rings (SSSR count). The number of hydrogen-bond acceptors (Lipinski definition) is 3. The number of hydrogen-bond donors (Lipinski definition) is 2. The van der Waals surface area contributed by atoms with Gasteiger partial charge in [0.2, 0.25) is 0 Å². The Kier molecular flexibility index (Phi) is 4.60. The molecule has 0 radical (unpaired) electrons. The van der Waals surface area contributed by atoms with Gasteiger partial charge in [-0.2, -0.15) is 0 Å². The molecule has 104 valence electrons. The molecule has 0 fully saturated rings. The van der Waals surface area contributed by atoms with Gasteiger partial charge in [0.05, 0.1) is 18.5 Å². The van der Waals surface area contributed by atoms with E-state index in [9.17, 15) is 5.11 Å². The van der Waals surface area contributed by atoms with Gasteiger partial charge in [-0.1, -0.05) is 13.8 Å². The van der Waals surface area contributed by atoms with E-state index in [-0.39, 0.29) is 12.1 Å². The van der Waals surface area contributed by atoms with Gasteiger partial charge in [0.15, 0.2) is 0 Å². The molecule has 4 nitrogen and oxygen atoms in total. The molecule has 0 saturated heterocycles. The van der Waals surface area contributed by atoms with Crippen molar-refractivity contribution in [2.24, 2.45) is 0 Å². The molecule has 0 saturated carbocycles. The molecule has 2 heterocycles. The monoisotopic (exact) mass is 325 g/mol. The Balaban J connectivity index is 2.20. The minimum atomic E-state index is -0.198. The number of pyridine rings is 1. The van der Waals surface area contributed by atoms with Gasteiger partial charge >= 0.3 is 0 Å². The van der Waals surface area contributed by atoms with Crippen LogP contribution in [0.1, 0.15) is 32.4 Å². The second-order valence-electron chi connectivity index (χ2n) is 4.82. The van der Waals surface area contributed by atoms with E-state index in [1.807, 2.05) is 24.5 Å². The van der Waals surface area contributed by atoms with Crippen LogP contribution in [0.5, 0.6) is 0 Å². The van der Waals surface area contributed by atoms with Crippen molar-refractivity contribution in [3.63, 3.8) is 0 Å². The molecule has 0 aliphatic carbocycles. The number of imidazole rings is 1. The molecule has 2 aromatic rings. The Morgan fingerprint density at radius 1 is 1.37 bits per heavy atom. The Bertz CT molecular complexity index is 540. The minimum Gasteiger partial charge on any atom is -0.394 e. The van der Waals surface area contributed by atoms with Crippen LogP contribution in [-0.2, 0) is 6.54 Å². The first-order chi connectivity index (χ1) is 9.14. The SMILES string of the molecule is CCC(CC)(CO)NCc1cnc2ccc(Br)cn12. The first-order valence-electron chi connectivity index (χ1n) is 6.61. The Morgan fingerprint density at radius 3 is 2.74 bits per heavy atom. The zero-order chi connectivity index (χ0) is 13.9. The number of fused-ring (bicyclic) bond motifs is 1. The number of aliphatic hydroxyl groups excluding tert-OH is 1. The molecular weight excluding hydrogens is 306 g/mol. The van der Waals surface area contributed by atoms with Crippen LogP contribution in [0.25, 0.3) is 5.65 Å². The Hall–Kier alpha value is -0.910. The smallest absolute Gasteiger partial charge is 0.136 e. The lowest BCUT2D eigenvalue weighted by molar-refractivity contribution is 0.149. The minimum absolute atomic E-state index is 0.153. The van der Waals surface area contributed by atoms with Crippen LogP contribution in [-0.4, -0.2) is 26.6 Å². The van der Waals surface area contributed by atoms with E-state index < -0.39 is 0 Å². The average Bonchev–Trinajstić information content (AvgIpc) is 2.83. The van der Waals surface area contributed by atoms with Crippen LogP contribution in [0.2, 0.25) is 0 Å². The van der Waals surface area contributed by atoms with Gasteiger partial charge < -0.3 is 14.8 Å². The molecule has 0 aliphatic heterocycles. The summed E-state index contributed by atoms with van der Waals surface area (Å²) >= 11 is 3.47. The van der Waals surface area contributed by atoms with Gasteiger partial charge in [0.1, 0.15) is 5.65 Å². The van der Waals surface area contributed by atoms with Crippen LogP contribution in [0.3, 0.4) is 0 Å². The predicted octanol–water partition coefficient (Wildman–Crippen LogP) is 2.74. The van der Waals surface area contributed by atoms with Crippen molar-refractivity contribution < 1.29 is 5.11 Å². The molecule has 0 aromatic carbocycles. The fraction of sp³-hybridized carbons (Fsp3) is 0.500. The number of nitrogens with zero attached hydrogens (tertiary/aromatic N) is 2. The van der Waals surface area contributed by atoms with Crippen molar-refractivity contribution in [2.45, 2.75) is 38.8 Å². The highest BCUT2D eigenvalue weighted by Crippen LogP contribution is 2.17. The number of aromatic nitrogens is 2. The molecule has 0 unspecified atom stereocenters. The van der Waals surface area contributed by atoms with Gasteiger partial charge in [0.25, 0.3) is 0 Å². The van der Waals surface area contributed by atoms with E-state index >= 15 is 0 Å². The van der Waals surface area contributed by atoms with Crippen LogP contribution < -0.4 is 5.32 Å². The Labute approximate surface area is 122 Å². The maximum Gasteiger partial charge on any atom is 0.136 e. The molecule has 2 aromatic heterocycles. The highest BCUT2D eigenvalue weighted by Gasteiger charge is 2.24. The maximum absolute atomic E-state index is 9.57. The van der Waals surface area contributed by atoms with E-state index in [4.69, 9.17) is 0 Å². The van der Waals surface area contributed by atoms with Gasteiger partial charge in [0, 0.05) is 22.8 Å². The normalized spacial score (nSPS) is 12.2. The van der Waals surface area contributed by atoms with Gasteiger partial charge in [-0.3, -0.25) is 0 Å². The summed E-state index contributed by atoms with van der Waals surface area (Å²) in [6, 6.07) is 3.96. The Morgan fingerprint density at radius 2 is 2.11 bits per heavy atom. The summed E-state index contributed by atoms with van der Waals surface area (Å²) in [4.78, 5) is 4.38. The van der Waals surface area contributed by atoms with Crippen molar-refractivity contribution in [1.29, 1.82) is 0 Å². The molecule has 5 heteroatoms. The summed E-state index contributed by atoms with van der Waals surface area (Å²) in [5.41, 5.74) is 1.83. The summed E-state index contributed by atoms with van der Waals surface area (Å²) in [5, 5.41) is 13.0. The summed E-state index contributed by atoms with van der Waals surface area (Å²) < 4.78 is 3.09. The first kappa shape index (κ1) is 14.5. The standard InChI is InChI=1S/C14H20BrN3O/c1-3-14(4-2,10-19)17-8-12-7-16-13-6-5-11(15)9-18(12)13/h5-7,9,17,19H,3-4,8,10H2,1-2H3. The number of rotatable bonds is 6. The highest BCUT2D eigenvalue weighted by molar-refractivity contribution is 9.10. The highest BCUT2D eigenvalue weighted by atomic mass is 79.9. The van der Waals surface area contributed by atoms with E-state index in [2.05, 4.69) is 44.5 Å². The molecular formula is C14H20BrN3O. The summed E-state index contributed by atoms with van der Waals surface area (Å²) in [6.45, 7) is 5.04. The molecule has 0 amide bonds. The molecule has 0 aliphatic rings. The molecule has 0 spiro atoms. The predicted molar refractivity (Wildman–Crippen MR) is 80.1 cm³/mol. The third kappa shape index (κ3) is 2.99. The lowest BCUT2D eigenvalue weighted by Crippen LogP contribution is -2.47. The molecule has 0 atom stereocenters. The molecule has 0 bridgehead atoms. The number of halogens is 1. The molecule has 2 N–H and O–H groups in total. The van der Waals surface area contributed by atoms with Crippen molar-refractivity contribution in [1.82, 2.24) is 14.7 Å². The van der Waals surface area contributed by atoms with Crippen molar-refractivity contribution in [2.75, 3.05) is 6.61 Å². The number of aliphatic hydroxyl groups is 1. The third-order valence-electron chi connectivity index (χ3n) is 3.85. The van der Waals surface area contributed by atoms with Crippen molar-refractivity contribution in [3.8, 4) is 0 Å². The van der Waals surface area contributed by atoms with E-state index in [0.717, 1.165) is 28.7 Å². The van der Waals surface area contributed by atoms with Gasteiger partial charge in [-0.15, -0.1) is 0 Å². The fourth-order valence-electron chi connectivity index (χ4n) is 2.19. The lowest BCUT2D eigenvalue weighted by Gasteiger charge is -2.30. The first-order valence-corrected chi connectivity index (χ1v) is 7.41. The zero-order valence-electron chi connectivity index (χ0n) is 11.4. The van der Waals surface area contributed by atoms with Crippen molar-refractivity contribution in [3.05, 3.63) is 34.7 Å². The topological polar surface area (TPSA) is 49.6 Å². The zero-order valence-corrected chi connectivity index (χ0v) is 12.9. The second kappa shape index (κ2) is 6.03. The average molecular weight is 326 g/mol. The van der Waals surface area contributed by atoms with Gasteiger partial charge in [-0.05, 0) is 40.9 Å². The molecule has 19 heavy (non-hydrogen) atoms. The second-order valence-corrected chi connectivity index (χ2v) is 5.74. The summed E-state index contributed by atoms with van der Waals surface area (Å²) in [7, 11) is 0. The quantitative estimate of drug-likeness (QED) is 0.858.